The predicted octanol–water partition coefficient (Wildman–Crippen LogP) is 2.46. The van der Waals surface area contributed by atoms with E-state index in [1.165, 1.54) is 6.08 Å². The van der Waals surface area contributed by atoms with Crippen LogP contribution < -0.4 is 5.73 Å². The van der Waals surface area contributed by atoms with Crippen molar-refractivity contribution in [1.29, 1.82) is 0 Å². The number of nitrogens with two attached hydrogens (primary N) is 1. The van der Waals surface area contributed by atoms with Gasteiger partial charge in [0, 0.05) is 11.6 Å². The highest BCUT2D eigenvalue weighted by atomic mass is 19.2. The van der Waals surface area contributed by atoms with Crippen molar-refractivity contribution in [3.8, 4) is 0 Å². The van der Waals surface area contributed by atoms with E-state index < -0.39 is 23.0 Å². The van der Waals surface area contributed by atoms with Gasteiger partial charge in [-0.2, -0.15) is 0 Å². The maximum absolute atomic E-state index is 13.0. The van der Waals surface area contributed by atoms with Crippen molar-refractivity contribution in [3.63, 3.8) is 0 Å². The largest absolute Gasteiger partial charge is 0.325 e. The summed E-state index contributed by atoms with van der Waals surface area (Å²) >= 11 is 0. The Bertz CT molecular complexity index is 359. The second-order valence-corrected chi connectivity index (χ2v) is 2.98. The molecule has 0 saturated heterocycles. The molecule has 14 heavy (non-hydrogen) atoms. The maximum Gasteiger partial charge on any atom is 0.168 e. The van der Waals surface area contributed by atoms with Gasteiger partial charge < -0.3 is 5.73 Å². The van der Waals surface area contributed by atoms with Gasteiger partial charge in [0.1, 0.15) is 5.82 Å². The second-order valence-electron chi connectivity index (χ2n) is 2.98. The molecule has 0 radical (unpaired) electrons. The highest BCUT2D eigenvalue weighted by molar-refractivity contribution is 5.51. The fourth-order valence-corrected chi connectivity index (χ4v) is 0.944. The van der Waals surface area contributed by atoms with Crippen LogP contribution in [0.5, 0.6) is 0 Å². The first-order chi connectivity index (χ1) is 6.52. The van der Waals surface area contributed by atoms with Gasteiger partial charge in [-0.1, -0.05) is 12.2 Å². The van der Waals surface area contributed by atoms with Gasteiger partial charge in [0.25, 0.3) is 0 Å². The van der Waals surface area contributed by atoms with Gasteiger partial charge in [0.2, 0.25) is 0 Å². The zero-order chi connectivity index (χ0) is 10.7. The summed E-state index contributed by atoms with van der Waals surface area (Å²) in [6.07, 6.45) is 2.53. The quantitative estimate of drug-likeness (QED) is 0.731. The van der Waals surface area contributed by atoms with Crippen LogP contribution in [0.1, 0.15) is 12.5 Å². The van der Waals surface area contributed by atoms with Crippen LogP contribution >= 0.6 is 0 Å². The molecule has 1 aromatic rings. The summed E-state index contributed by atoms with van der Waals surface area (Å²) in [7, 11) is 0. The molecule has 0 saturated carbocycles. The van der Waals surface area contributed by atoms with Crippen molar-refractivity contribution >= 4 is 6.08 Å². The smallest absolute Gasteiger partial charge is 0.168 e. The zero-order valence-corrected chi connectivity index (χ0v) is 7.60. The van der Waals surface area contributed by atoms with Crippen LogP contribution in [0, 0.1) is 17.5 Å². The van der Waals surface area contributed by atoms with E-state index in [2.05, 4.69) is 0 Å². The highest BCUT2D eigenvalue weighted by Crippen LogP contribution is 2.17. The lowest BCUT2D eigenvalue weighted by Gasteiger charge is -2.01. The molecule has 1 rings (SSSR count). The number of rotatable bonds is 2. The minimum absolute atomic E-state index is 0.336. The van der Waals surface area contributed by atoms with Gasteiger partial charge in [-0.05, 0) is 19.1 Å². The molecule has 0 amide bonds. The Kier molecular flexibility index (Phi) is 3.30. The van der Waals surface area contributed by atoms with E-state index in [0.29, 0.717) is 0 Å². The summed E-state index contributed by atoms with van der Waals surface area (Å²) in [6.45, 7) is 1.64. The molecule has 0 aliphatic carbocycles. The van der Waals surface area contributed by atoms with Crippen molar-refractivity contribution < 1.29 is 13.2 Å². The SMILES string of the molecule is CC(N)/C=C/c1c(F)ccc(F)c1F. The molecular formula is C10H10F3N. The van der Waals surface area contributed by atoms with Gasteiger partial charge in [0.05, 0.1) is 0 Å². The van der Waals surface area contributed by atoms with Gasteiger partial charge in [-0.25, -0.2) is 13.2 Å². The zero-order valence-electron chi connectivity index (χ0n) is 7.60. The number of hydrogen-bond donors (Lipinski definition) is 1. The van der Waals surface area contributed by atoms with E-state index in [4.69, 9.17) is 5.73 Å². The van der Waals surface area contributed by atoms with E-state index in [-0.39, 0.29) is 6.04 Å². The van der Waals surface area contributed by atoms with E-state index in [1.54, 1.807) is 6.92 Å². The van der Waals surface area contributed by atoms with Crippen LogP contribution in [-0.2, 0) is 0 Å². The molecule has 0 bridgehead atoms. The Morgan fingerprint density at radius 2 is 1.79 bits per heavy atom. The van der Waals surface area contributed by atoms with E-state index >= 15 is 0 Å². The molecule has 1 nitrogen and oxygen atoms in total. The van der Waals surface area contributed by atoms with Crippen molar-refractivity contribution in [2.45, 2.75) is 13.0 Å². The fourth-order valence-electron chi connectivity index (χ4n) is 0.944. The molecule has 1 unspecified atom stereocenters. The standard InChI is InChI=1S/C10H10F3N/c1-6(14)2-3-7-8(11)4-5-9(12)10(7)13/h2-6H,14H2,1H3/b3-2+. The molecule has 0 heterocycles. The van der Waals surface area contributed by atoms with E-state index in [1.807, 2.05) is 0 Å². The van der Waals surface area contributed by atoms with Crippen molar-refractivity contribution in [1.82, 2.24) is 0 Å². The van der Waals surface area contributed by atoms with Crippen molar-refractivity contribution in [3.05, 3.63) is 41.2 Å². The molecule has 0 spiro atoms. The Hall–Kier alpha value is -1.29. The van der Waals surface area contributed by atoms with Crippen molar-refractivity contribution in [2.75, 3.05) is 0 Å². The third-order valence-corrected chi connectivity index (χ3v) is 1.65. The van der Waals surface area contributed by atoms with Crippen LogP contribution in [0.4, 0.5) is 13.2 Å². The first-order valence-electron chi connectivity index (χ1n) is 4.09. The Labute approximate surface area is 80.0 Å². The Balaban J connectivity index is 3.13. The summed E-state index contributed by atoms with van der Waals surface area (Å²) in [6, 6.07) is 1.28. The molecule has 0 aromatic heterocycles. The second kappa shape index (κ2) is 4.28. The molecule has 4 heteroatoms. The van der Waals surface area contributed by atoms with Crippen LogP contribution in [-0.4, -0.2) is 6.04 Å². The van der Waals surface area contributed by atoms with E-state index in [9.17, 15) is 13.2 Å². The van der Waals surface area contributed by atoms with Gasteiger partial charge in [-0.15, -0.1) is 0 Å². The first kappa shape index (κ1) is 10.8. The summed E-state index contributed by atoms with van der Waals surface area (Å²) in [5.41, 5.74) is 4.95. The summed E-state index contributed by atoms with van der Waals surface area (Å²) < 4.78 is 38.7. The number of benzene rings is 1. The number of halogens is 3. The lowest BCUT2D eigenvalue weighted by molar-refractivity contribution is 0.492. The topological polar surface area (TPSA) is 26.0 Å². The van der Waals surface area contributed by atoms with Crippen LogP contribution in [0.25, 0.3) is 6.08 Å². The van der Waals surface area contributed by atoms with E-state index in [0.717, 1.165) is 18.2 Å². The maximum atomic E-state index is 13.0. The normalized spacial score (nSPS) is 13.5. The average Bonchev–Trinajstić information content (AvgIpc) is 2.11. The molecular weight excluding hydrogens is 191 g/mol. The summed E-state index contributed by atoms with van der Waals surface area (Å²) in [5, 5.41) is 0. The van der Waals surface area contributed by atoms with Gasteiger partial charge in [0.15, 0.2) is 11.6 Å². The molecule has 0 aliphatic heterocycles. The monoisotopic (exact) mass is 201 g/mol. The number of hydrogen-bond acceptors (Lipinski definition) is 1. The lowest BCUT2D eigenvalue weighted by atomic mass is 10.1. The third kappa shape index (κ3) is 2.35. The molecule has 2 N–H and O–H groups in total. The Morgan fingerprint density at radius 3 is 2.36 bits per heavy atom. The van der Waals surface area contributed by atoms with Gasteiger partial charge >= 0.3 is 0 Å². The van der Waals surface area contributed by atoms with Crippen LogP contribution in [0.3, 0.4) is 0 Å². The summed E-state index contributed by atoms with van der Waals surface area (Å²) in [5.74, 6) is -3.07. The molecule has 1 aromatic carbocycles. The molecule has 0 fully saturated rings. The van der Waals surface area contributed by atoms with Gasteiger partial charge in [-0.3, -0.25) is 0 Å². The molecule has 76 valence electrons. The minimum atomic E-state index is -1.19. The minimum Gasteiger partial charge on any atom is -0.325 e. The van der Waals surface area contributed by atoms with Crippen molar-refractivity contribution in [2.24, 2.45) is 5.73 Å². The van der Waals surface area contributed by atoms with Crippen LogP contribution in [0.2, 0.25) is 0 Å². The predicted molar refractivity (Wildman–Crippen MR) is 49.0 cm³/mol. The Morgan fingerprint density at radius 1 is 1.21 bits per heavy atom. The first-order valence-corrected chi connectivity index (χ1v) is 4.09. The van der Waals surface area contributed by atoms with Crippen LogP contribution in [0.15, 0.2) is 18.2 Å². The summed E-state index contributed by atoms with van der Waals surface area (Å²) in [4.78, 5) is 0. The molecule has 1 atom stereocenters. The lowest BCUT2D eigenvalue weighted by Crippen LogP contribution is -2.10. The third-order valence-electron chi connectivity index (χ3n) is 1.65. The molecule has 0 aliphatic rings. The average molecular weight is 201 g/mol. The fraction of sp³-hybridized carbons (Fsp3) is 0.200. The highest BCUT2D eigenvalue weighted by Gasteiger charge is 2.10.